The van der Waals surface area contributed by atoms with Crippen LogP contribution in [0.5, 0.6) is 11.6 Å². The summed E-state index contributed by atoms with van der Waals surface area (Å²) in [6, 6.07) is 15.3. The number of nitriles is 1. The molecular formula is C19H13ClN4O3. The molecule has 134 valence electrons. The van der Waals surface area contributed by atoms with Gasteiger partial charge in [-0.05, 0) is 55.5 Å². The second-order valence-electron chi connectivity index (χ2n) is 5.25. The number of esters is 1. The van der Waals surface area contributed by atoms with E-state index in [1.54, 1.807) is 55.5 Å². The van der Waals surface area contributed by atoms with E-state index in [0.717, 1.165) is 0 Å². The average Bonchev–Trinajstić information content (AvgIpc) is 2.70. The van der Waals surface area contributed by atoms with Gasteiger partial charge in [0, 0.05) is 10.6 Å². The van der Waals surface area contributed by atoms with Crippen molar-refractivity contribution in [3.63, 3.8) is 0 Å². The molecule has 0 radical (unpaired) electrons. The summed E-state index contributed by atoms with van der Waals surface area (Å²) < 4.78 is 10.7. The van der Waals surface area contributed by atoms with Crippen LogP contribution in [0.15, 0.2) is 48.5 Å². The Bertz CT molecular complexity index is 999. The number of carbonyl (C=O) groups is 1. The van der Waals surface area contributed by atoms with Crippen molar-refractivity contribution in [2.24, 2.45) is 0 Å². The predicted molar refractivity (Wildman–Crippen MR) is 97.5 cm³/mol. The lowest BCUT2D eigenvalue weighted by molar-refractivity contribution is 0.0514. The van der Waals surface area contributed by atoms with Crippen molar-refractivity contribution in [3.05, 3.63) is 64.8 Å². The van der Waals surface area contributed by atoms with Gasteiger partial charge >= 0.3 is 5.97 Å². The van der Waals surface area contributed by atoms with Crippen molar-refractivity contribution in [1.29, 1.82) is 5.26 Å². The van der Waals surface area contributed by atoms with Crippen molar-refractivity contribution in [3.8, 4) is 29.1 Å². The lowest BCUT2D eigenvalue weighted by Crippen LogP contribution is -2.12. The number of nitrogens with zero attached hydrogens (tertiary/aromatic N) is 4. The molecule has 8 heteroatoms. The van der Waals surface area contributed by atoms with Crippen molar-refractivity contribution in [2.75, 3.05) is 6.61 Å². The van der Waals surface area contributed by atoms with Gasteiger partial charge in [-0.3, -0.25) is 0 Å². The maximum atomic E-state index is 12.1. The Morgan fingerprint density at radius 3 is 2.44 bits per heavy atom. The Morgan fingerprint density at radius 2 is 1.81 bits per heavy atom. The number of benzene rings is 2. The van der Waals surface area contributed by atoms with Gasteiger partial charge in [-0.1, -0.05) is 11.6 Å². The highest BCUT2D eigenvalue weighted by molar-refractivity contribution is 6.30. The number of ether oxygens (including phenoxy) is 2. The normalized spacial score (nSPS) is 10.1. The van der Waals surface area contributed by atoms with E-state index in [4.69, 9.17) is 26.3 Å². The summed E-state index contributed by atoms with van der Waals surface area (Å²) in [7, 11) is 0. The van der Waals surface area contributed by atoms with Gasteiger partial charge in [0.15, 0.2) is 5.82 Å². The zero-order chi connectivity index (χ0) is 19.2. The molecule has 1 heterocycles. The van der Waals surface area contributed by atoms with Crippen LogP contribution >= 0.6 is 11.6 Å². The van der Waals surface area contributed by atoms with Crippen LogP contribution in [0.1, 0.15) is 23.0 Å². The highest BCUT2D eigenvalue weighted by atomic mass is 35.5. The van der Waals surface area contributed by atoms with Crippen molar-refractivity contribution in [2.45, 2.75) is 6.92 Å². The molecule has 0 aliphatic carbocycles. The number of hydrogen-bond donors (Lipinski definition) is 0. The molecule has 0 unspecified atom stereocenters. The van der Waals surface area contributed by atoms with E-state index in [2.05, 4.69) is 15.2 Å². The van der Waals surface area contributed by atoms with Crippen molar-refractivity contribution in [1.82, 2.24) is 15.2 Å². The Kier molecular flexibility index (Phi) is 5.59. The maximum absolute atomic E-state index is 12.1. The average molecular weight is 381 g/mol. The molecule has 0 amide bonds. The van der Waals surface area contributed by atoms with Gasteiger partial charge in [0.05, 0.1) is 18.2 Å². The van der Waals surface area contributed by atoms with E-state index in [0.29, 0.717) is 21.9 Å². The van der Waals surface area contributed by atoms with E-state index in [-0.39, 0.29) is 24.0 Å². The molecule has 27 heavy (non-hydrogen) atoms. The van der Waals surface area contributed by atoms with Crippen LogP contribution in [0, 0.1) is 11.3 Å². The van der Waals surface area contributed by atoms with Crippen LogP contribution in [0.25, 0.3) is 11.4 Å². The lowest BCUT2D eigenvalue weighted by atomic mass is 10.1. The van der Waals surface area contributed by atoms with E-state index in [1.807, 2.05) is 6.07 Å². The van der Waals surface area contributed by atoms with Crippen LogP contribution in [0.2, 0.25) is 5.02 Å². The molecule has 0 bridgehead atoms. The minimum Gasteiger partial charge on any atom is -0.461 e. The molecule has 3 aromatic rings. The van der Waals surface area contributed by atoms with E-state index in [9.17, 15) is 4.79 Å². The van der Waals surface area contributed by atoms with Gasteiger partial charge in [0.2, 0.25) is 5.69 Å². The monoisotopic (exact) mass is 380 g/mol. The first-order valence-electron chi connectivity index (χ1n) is 7.96. The number of rotatable bonds is 5. The molecule has 7 nitrogen and oxygen atoms in total. The van der Waals surface area contributed by atoms with Crippen LogP contribution in [0.3, 0.4) is 0 Å². The molecule has 0 N–H and O–H groups in total. The smallest absolute Gasteiger partial charge is 0.364 e. The zero-order valence-electron chi connectivity index (χ0n) is 14.2. The van der Waals surface area contributed by atoms with Crippen molar-refractivity contribution >= 4 is 17.6 Å². The second-order valence-corrected chi connectivity index (χ2v) is 5.69. The highest BCUT2D eigenvalue weighted by Gasteiger charge is 2.21. The summed E-state index contributed by atoms with van der Waals surface area (Å²) in [6.07, 6.45) is 0. The van der Waals surface area contributed by atoms with Gasteiger partial charge in [-0.2, -0.15) is 10.2 Å². The largest absolute Gasteiger partial charge is 0.461 e. The van der Waals surface area contributed by atoms with E-state index >= 15 is 0 Å². The van der Waals surface area contributed by atoms with Crippen molar-refractivity contribution < 1.29 is 14.3 Å². The number of aromatic nitrogens is 3. The SMILES string of the molecule is CCOC(=O)c1nnc(-c2ccc(C#N)cc2)nc1Oc1ccc(Cl)cc1. The Labute approximate surface area is 160 Å². The van der Waals surface area contributed by atoms with Crippen LogP contribution in [-0.2, 0) is 4.74 Å². The second kappa shape index (κ2) is 8.25. The van der Waals surface area contributed by atoms with Gasteiger partial charge in [0.25, 0.3) is 5.88 Å². The molecule has 0 saturated carbocycles. The molecule has 2 aromatic carbocycles. The van der Waals surface area contributed by atoms with Gasteiger partial charge < -0.3 is 9.47 Å². The molecule has 1 aromatic heterocycles. The molecule has 0 saturated heterocycles. The minimum atomic E-state index is -0.687. The first-order chi connectivity index (χ1) is 13.1. The number of hydrogen-bond acceptors (Lipinski definition) is 7. The fourth-order valence-corrected chi connectivity index (χ4v) is 2.27. The molecule has 0 spiro atoms. The third-order valence-corrected chi connectivity index (χ3v) is 3.68. The minimum absolute atomic E-state index is 0.0369. The maximum Gasteiger partial charge on any atom is 0.364 e. The lowest BCUT2D eigenvalue weighted by Gasteiger charge is -2.10. The third kappa shape index (κ3) is 4.37. The molecule has 0 fully saturated rings. The Morgan fingerprint density at radius 1 is 1.11 bits per heavy atom. The van der Waals surface area contributed by atoms with E-state index < -0.39 is 5.97 Å². The predicted octanol–water partition coefficient (Wildman–Crippen LogP) is 4.03. The Balaban J connectivity index is 2.01. The van der Waals surface area contributed by atoms with Crippen LogP contribution in [-0.4, -0.2) is 27.8 Å². The third-order valence-electron chi connectivity index (χ3n) is 3.42. The Hall–Kier alpha value is -3.50. The zero-order valence-corrected chi connectivity index (χ0v) is 15.0. The molecular weight excluding hydrogens is 368 g/mol. The summed E-state index contributed by atoms with van der Waals surface area (Å²) in [5.41, 5.74) is 0.995. The summed E-state index contributed by atoms with van der Waals surface area (Å²) >= 11 is 5.88. The fraction of sp³-hybridized carbons (Fsp3) is 0.105. The summed E-state index contributed by atoms with van der Waals surface area (Å²) in [5, 5.41) is 17.4. The van der Waals surface area contributed by atoms with Crippen LogP contribution in [0.4, 0.5) is 0 Å². The highest BCUT2D eigenvalue weighted by Crippen LogP contribution is 2.26. The summed E-state index contributed by atoms with van der Waals surface area (Å²) in [5.74, 6) is -0.0503. The number of carbonyl (C=O) groups excluding carboxylic acids is 1. The quantitative estimate of drug-likeness (QED) is 0.616. The molecule has 0 aliphatic rings. The first kappa shape index (κ1) is 18.3. The summed E-state index contributed by atoms with van der Waals surface area (Å²) in [6.45, 7) is 1.86. The number of halogens is 1. The van der Waals surface area contributed by atoms with Gasteiger partial charge in [-0.25, -0.2) is 4.79 Å². The van der Waals surface area contributed by atoms with Gasteiger partial charge in [-0.15, -0.1) is 10.2 Å². The fourth-order valence-electron chi connectivity index (χ4n) is 2.14. The topological polar surface area (TPSA) is 98.0 Å². The first-order valence-corrected chi connectivity index (χ1v) is 8.34. The molecule has 0 aliphatic heterocycles. The standard InChI is InChI=1S/C19H13ClN4O3/c1-2-26-19(25)16-18(27-15-9-7-14(20)8-10-15)22-17(24-23-16)13-5-3-12(11-21)4-6-13/h3-10H,2H2,1H3. The molecule has 3 rings (SSSR count). The summed E-state index contributed by atoms with van der Waals surface area (Å²) in [4.78, 5) is 16.4. The van der Waals surface area contributed by atoms with E-state index in [1.165, 1.54) is 0 Å². The molecule has 0 atom stereocenters. The van der Waals surface area contributed by atoms with Crippen LogP contribution < -0.4 is 4.74 Å². The van der Waals surface area contributed by atoms with Gasteiger partial charge in [0.1, 0.15) is 5.75 Å².